The molecule has 2 nitrogen and oxygen atoms in total. The van der Waals surface area contributed by atoms with Crippen molar-refractivity contribution in [3.8, 4) is 22.3 Å². The third-order valence-corrected chi connectivity index (χ3v) is 8.32. The van der Waals surface area contributed by atoms with E-state index in [0.29, 0.717) is 5.92 Å². The second-order valence-corrected chi connectivity index (χ2v) is 10.2. The first-order valence-corrected chi connectivity index (χ1v) is 13.2. The summed E-state index contributed by atoms with van der Waals surface area (Å²) in [5.74, 6) is -0.381. The summed E-state index contributed by atoms with van der Waals surface area (Å²) >= 11 is 0. The van der Waals surface area contributed by atoms with Crippen molar-refractivity contribution in [1.82, 2.24) is 0 Å². The van der Waals surface area contributed by atoms with Gasteiger partial charge < -0.3 is 9.47 Å². The van der Waals surface area contributed by atoms with Crippen LogP contribution in [-0.2, 0) is 28.1 Å². The molecule has 0 spiro atoms. The molecule has 1 heterocycles. The molecular formula is C34H30O2. The van der Waals surface area contributed by atoms with Gasteiger partial charge in [-0.2, -0.15) is 0 Å². The second kappa shape index (κ2) is 8.50. The molecule has 0 N–H and O–H groups in total. The molecule has 4 aromatic carbocycles. The predicted octanol–water partition coefficient (Wildman–Crippen LogP) is 8.13. The van der Waals surface area contributed by atoms with Crippen LogP contribution in [0.3, 0.4) is 0 Å². The van der Waals surface area contributed by atoms with Gasteiger partial charge in [0.2, 0.25) is 5.79 Å². The minimum absolute atomic E-state index is 0.303. The zero-order valence-corrected chi connectivity index (χ0v) is 20.7. The zero-order chi connectivity index (χ0) is 24.1. The first-order chi connectivity index (χ1) is 17.8. The summed E-state index contributed by atoms with van der Waals surface area (Å²) in [4.78, 5) is 0. The van der Waals surface area contributed by atoms with Gasteiger partial charge in [0.15, 0.2) is 0 Å². The number of ether oxygens (including phenoxy) is 2. The Labute approximate surface area is 213 Å². The van der Waals surface area contributed by atoms with Crippen molar-refractivity contribution in [3.05, 3.63) is 131 Å². The van der Waals surface area contributed by atoms with Crippen LogP contribution >= 0.6 is 0 Å². The number of rotatable bonds is 6. The largest absolute Gasteiger partial charge is 0.466 e. The summed E-state index contributed by atoms with van der Waals surface area (Å²) in [5, 5.41) is 0. The lowest BCUT2D eigenvalue weighted by molar-refractivity contribution is -0.295. The molecule has 1 aliphatic heterocycles. The Morgan fingerprint density at radius 3 is 2.06 bits per heavy atom. The molecule has 2 heteroatoms. The second-order valence-electron chi connectivity index (χ2n) is 10.2. The molecule has 2 atom stereocenters. The van der Waals surface area contributed by atoms with Crippen molar-refractivity contribution in [3.63, 3.8) is 0 Å². The van der Waals surface area contributed by atoms with E-state index in [4.69, 9.17) is 9.47 Å². The average molecular weight is 471 g/mol. The summed E-state index contributed by atoms with van der Waals surface area (Å²) in [7, 11) is 0. The van der Waals surface area contributed by atoms with Crippen LogP contribution < -0.4 is 0 Å². The topological polar surface area (TPSA) is 18.5 Å². The molecule has 4 aromatic rings. The molecule has 178 valence electrons. The Hall–Kier alpha value is -3.62. The number of allylic oxidation sites excluding steroid dienone is 1. The van der Waals surface area contributed by atoms with Crippen molar-refractivity contribution >= 4 is 0 Å². The third-order valence-electron chi connectivity index (χ3n) is 8.32. The van der Waals surface area contributed by atoms with Gasteiger partial charge in [0.1, 0.15) is 0 Å². The Morgan fingerprint density at radius 2 is 1.39 bits per heavy atom. The van der Waals surface area contributed by atoms with E-state index in [0.717, 1.165) is 32.3 Å². The van der Waals surface area contributed by atoms with E-state index in [2.05, 4.69) is 97.9 Å². The minimum Gasteiger partial charge on any atom is -0.466 e. The van der Waals surface area contributed by atoms with Crippen molar-refractivity contribution in [2.75, 3.05) is 6.61 Å². The molecule has 7 rings (SSSR count). The van der Waals surface area contributed by atoms with Gasteiger partial charge in [-0.15, -0.1) is 0 Å². The van der Waals surface area contributed by atoms with Crippen LogP contribution in [0.4, 0.5) is 0 Å². The summed E-state index contributed by atoms with van der Waals surface area (Å²) in [6.07, 6.45) is 7.99. The Kier molecular flexibility index (Phi) is 5.11. The SMILES string of the molecule is CCC(C=COC1(c2cccc3c2Cc2ccccc2-3)CCO1)c1cccc2c1Cc1ccccc1-2. The molecule has 3 aliphatic rings. The van der Waals surface area contributed by atoms with Crippen LogP contribution in [0.15, 0.2) is 97.3 Å². The molecule has 1 fully saturated rings. The fourth-order valence-corrected chi connectivity index (χ4v) is 6.40. The average Bonchev–Trinajstić information content (AvgIpc) is 3.47. The highest BCUT2D eigenvalue weighted by atomic mass is 16.7. The highest BCUT2D eigenvalue weighted by molar-refractivity contribution is 5.79. The molecule has 1 saturated heterocycles. The van der Waals surface area contributed by atoms with E-state index in [1.165, 1.54) is 55.6 Å². The summed E-state index contributed by atoms with van der Waals surface area (Å²) < 4.78 is 12.7. The van der Waals surface area contributed by atoms with Crippen molar-refractivity contribution in [2.24, 2.45) is 0 Å². The first kappa shape index (κ1) is 21.6. The predicted molar refractivity (Wildman–Crippen MR) is 145 cm³/mol. The van der Waals surface area contributed by atoms with Crippen LogP contribution in [0.1, 0.15) is 59.1 Å². The van der Waals surface area contributed by atoms with Crippen molar-refractivity contribution in [1.29, 1.82) is 0 Å². The highest BCUT2D eigenvalue weighted by Gasteiger charge is 2.45. The lowest BCUT2D eigenvalue weighted by Crippen LogP contribution is -2.43. The van der Waals surface area contributed by atoms with Gasteiger partial charge in [0, 0.05) is 17.9 Å². The van der Waals surface area contributed by atoms with E-state index < -0.39 is 5.79 Å². The van der Waals surface area contributed by atoms with Gasteiger partial charge in [0.25, 0.3) is 0 Å². The van der Waals surface area contributed by atoms with E-state index in [-0.39, 0.29) is 0 Å². The van der Waals surface area contributed by atoms with E-state index >= 15 is 0 Å². The number of hydrogen-bond donors (Lipinski definition) is 0. The van der Waals surface area contributed by atoms with Crippen LogP contribution in [0.5, 0.6) is 0 Å². The maximum absolute atomic E-state index is 6.51. The lowest BCUT2D eigenvalue weighted by atomic mass is 9.89. The van der Waals surface area contributed by atoms with Crippen LogP contribution in [0, 0.1) is 0 Å². The van der Waals surface area contributed by atoms with Gasteiger partial charge in [-0.3, -0.25) is 0 Å². The molecule has 0 saturated carbocycles. The standard InChI is InChI=1S/C34H30O2/c1-2-23(26-13-7-14-29-27-11-5-3-9-24(27)21-31(26)29)17-19-35-34(18-20-36-34)33-16-8-15-30-28-12-6-4-10-25(28)22-32(30)33/h3-17,19,23H,2,18,20-22H2,1H3. The Balaban J connectivity index is 1.17. The fraction of sp³-hybridized carbons (Fsp3) is 0.235. The maximum atomic E-state index is 6.51. The minimum atomic E-state index is -0.683. The van der Waals surface area contributed by atoms with E-state index in [9.17, 15) is 0 Å². The number of fused-ring (bicyclic) bond motifs is 6. The van der Waals surface area contributed by atoms with E-state index in [1.807, 2.05) is 6.26 Å². The van der Waals surface area contributed by atoms with Gasteiger partial charge in [0.05, 0.1) is 12.9 Å². The third kappa shape index (κ3) is 3.28. The molecule has 2 unspecified atom stereocenters. The van der Waals surface area contributed by atoms with Gasteiger partial charge >= 0.3 is 0 Å². The number of hydrogen-bond acceptors (Lipinski definition) is 2. The molecular weight excluding hydrogens is 440 g/mol. The molecule has 0 amide bonds. The van der Waals surface area contributed by atoms with Gasteiger partial charge in [-0.25, -0.2) is 0 Å². The molecule has 36 heavy (non-hydrogen) atoms. The van der Waals surface area contributed by atoms with E-state index in [1.54, 1.807) is 0 Å². The fourth-order valence-electron chi connectivity index (χ4n) is 6.40. The molecule has 0 bridgehead atoms. The number of benzene rings is 4. The maximum Gasteiger partial charge on any atom is 0.238 e. The van der Waals surface area contributed by atoms with Gasteiger partial charge in [-0.05, 0) is 75.4 Å². The smallest absolute Gasteiger partial charge is 0.238 e. The van der Waals surface area contributed by atoms with Crippen molar-refractivity contribution in [2.45, 2.75) is 44.3 Å². The normalized spacial score (nSPS) is 19.8. The lowest BCUT2D eigenvalue weighted by Gasteiger charge is -2.42. The zero-order valence-electron chi connectivity index (χ0n) is 20.7. The summed E-state index contributed by atoms with van der Waals surface area (Å²) in [6.45, 7) is 2.99. The molecule has 0 radical (unpaired) electrons. The summed E-state index contributed by atoms with van der Waals surface area (Å²) in [6, 6.07) is 30.8. The van der Waals surface area contributed by atoms with Crippen LogP contribution in [0.25, 0.3) is 22.3 Å². The Bertz CT molecular complexity index is 1490. The van der Waals surface area contributed by atoms with Crippen molar-refractivity contribution < 1.29 is 9.47 Å². The van der Waals surface area contributed by atoms with Gasteiger partial charge in [-0.1, -0.05) is 91.9 Å². The summed E-state index contributed by atoms with van der Waals surface area (Å²) in [5.41, 5.74) is 13.6. The highest BCUT2D eigenvalue weighted by Crippen LogP contribution is 2.47. The first-order valence-electron chi connectivity index (χ1n) is 13.2. The quantitative estimate of drug-likeness (QED) is 0.229. The van der Waals surface area contributed by atoms with Crippen LogP contribution in [-0.4, -0.2) is 6.61 Å². The molecule has 2 aliphatic carbocycles. The molecule has 0 aromatic heterocycles. The monoisotopic (exact) mass is 470 g/mol. The van der Waals surface area contributed by atoms with Crippen LogP contribution in [0.2, 0.25) is 0 Å². The Morgan fingerprint density at radius 1 is 0.778 bits per heavy atom.